The van der Waals surface area contributed by atoms with Gasteiger partial charge in [0.2, 0.25) is 0 Å². The Kier molecular flexibility index (Phi) is 3.13. The second-order valence-corrected chi connectivity index (χ2v) is 2.84. The van der Waals surface area contributed by atoms with Crippen LogP contribution in [0.2, 0.25) is 0 Å². The van der Waals surface area contributed by atoms with E-state index in [9.17, 15) is 0 Å². The highest BCUT2D eigenvalue weighted by Crippen LogP contribution is 2.08. The van der Waals surface area contributed by atoms with E-state index in [4.69, 9.17) is 0 Å². The fraction of sp³-hybridized carbons (Fsp3) is 0.750. The molecule has 0 amide bonds. The van der Waals surface area contributed by atoms with E-state index >= 15 is 0 Å². The smallest absolute Gasteiger partial charge is 0.109 e. The minimum atomic E-state index is 0.783. The third-order valence-corrected chi connectivity index (χ3v) is 1.75. The largest absolute Gasteiger partial charge is 0.274 e. The predicted octanol–water partition coefficient (Wildman–Crippen LogP) is 1.91. The lowest BCUT2D eigenvalue weighted by Gasteiger charge is -2.04. The molecule has 0 aromatic heterocycles. The molecule has 0 N–H and O–H groups in total. The van der Waals surface area contributed by atoms with Gasteiger partial charge in [0.1, 0.15) is 6.34 Å². The van der Waals surface area contributed by atoms with E-state index in [1.807, 2.05) is 6.21 Å². The minimum absolute atomic E-state index is 0.783. The van der Waals surface area contributed by atoms with Gasteiger partial charge in [-0.05, 0) is 25.2 Å². The molecular formula is C8H14N2. The summed E-state index contributed by atoms with van der Waals surface area (Å²) in [5, 5.41) is 0. The molecule has 0 aromatic rings. The van der Waals surface area contributed by atoms with E-state index in [1.54, 1.807) is 6.34 Å². The van der Waals surface area contributed by atoms with E-state index in [0.29, 0.717) is 0 Å². The van der Waals surface area contributed by atoms with Gasteiger partial charge < -0.3 is 0 Å². The first-order valence-electron chi connectivity index (χ1n) is 3.89. The van der Waals surface area contributed by atoms with Crippen molar-refractivity contribution in [1.29, 1.82) is 0 Å². The molecule has 0 saturated carbocycles. The zero-order valence-electron chi connectivity index (χ0n) is 6.45. The Morgan fingerprint density at radius 3 is 3.30 bits per heavy atom. The molecule has 1 heterocycles. The van der Waals surface area contributed by atoms with E-state index in [2.05, 4.69) is 16.9 Å². The molecule has 10 heavy (non-hydrogen) atoms. The van der Waals surface area contributed by atoms with Gasteiger partial charge >= 0.3 is 0 Å². The fourth-order valence-corrected chi connectivity index (χ4v) is 1.04. The topological polar surface area (TPSA) is 24.7 Å². The quantitative estimate of drug-likeness (QED) is 0.488. The second kappa shape index (κ2) is 4.20. The molecule has 1 atom stereocenters. The normalized spacial score (nSPS) is 33.5. The van der Waals surface area contributed by atoms with Crippen LogP contribution in [0, 0.1) is 5.92 Å². The van der Waals surface area contributed by atoms with Crippen LogP contribution in [-0.4, -0.2) is 19.1 Å². The number of hydrogen-bond acceptors (Lipinski definition) is 2. The molecule has 0 spiro atoms. The van der Waals surface area contributed by atoms with Crippen LogP contribution in [0.15, 0.2) is 9.98 Å². The van der Waals surface area contributed by atoms with Gasteiger partial charge in [-0.1, -0.05) is 6.92 Å². The number of nitrogens with zero attached hydrogens (tertiary/aromatic N) is 2. The molecule has 0 fully saturated rings. The Labute approximate surface area is 62.1 Å². The lowest BCUT2D eigenvalue weighted by atomic mass is 10.0. The van der Waals surface area contributed by atoms with Gasteiger partial charge in [0, 0.05) is 12.8 Å². The lowest BCUT2D eigenvalue weighted by molar-refractivity contribution is 0.538. The lowest BCUT2D eigenvalue weighted by Crippen LogP contribution is -1.95. The van der Waals surface area contributed by atoms with Crippen molar-refractivity contribution in [3.05, 3.63) is 0 Å². The third kappa shape index (κ3) is 2.76. The van der Waals surface area contributed by atoms with E-state index < -0.39 is 0 Å². The number of rotatable bonds is 0. The Hall–Kier alpha value is -0.660. The van der Waals surface area contributed by atoms with Gasteiger partial charge in [-0.3, -0.25) is 4.99 Å². The molecule has 1 aliphatic rings. The van der Waals surface area contributed by atoms with Crippen LogP contribution in [0.5, 0.6) is 0 Å². The van der Waals surface area contributed by atoms with Gasteiger partial charge in [0.15, 0.2) is 0 Å². The van der Waals surface area contributed by atoms with Crippen molar-refractivity contribution < 1.29 is 0 Å². The van der Waals surface area contributed by atoms with Crippen LogP contribution >= 0.6 is 0 Å². The maximum Gasteiger partial charge on any atom is 0.109 e. The molecule has 0 saturated heterocycles. The third-order valence-electron chi connectivity index (χ3n) is 1.75. The molecule has 0 aliphatic carbocycles. The summed E-state index contributed by atoms with van der Waals surface area (Å²) in [5.41, 5.74) is 0. The standard InChI is InChI=1S/C8H14N2/c1-8-3-2-5-9-7-10-6-4-8/h6-8H,2-5H2,1H3/b9-7-,10-6-. The molecule has 0 radical (unpaired) electrons. The Balaban J connectivity index is 2.37. The highest BCUT2D eigenvalue weighted by molar-refractivity contribution is 5.72. The first-order chi connectivity index (χ1) is 4.89. The zero-order valence-corrected chi connectivity index (χ0v) is 6.45. The van der Waals surface area contributed by atoms with Gasteiger partial charge in [-0.2, -0.15) is 0 Å². The molecular weight excluding hydrogens is 124 g/mol. The van der Waals surface area contributed by atoms with Crippen molar-refractivity contribution >= 4 is 12.6 Å². The summed E-state index contributed by atoms with van der Waals surface area (Å²) in [7, 11) is 0. The average molecular weight is 138 g/mol. The van der Waals surface area contributed by atoms with Crippen molar-refractivity contribution in [1.82, 2.24) is 0 Å². The number of hydrogen-bond donors (Lipinski definition) is 0. The van der Waals surface area contributed by atoms with Crippen LogP contribution in [0.4, 0.5) is 0 Å². The van der Waals surface area contributed by atoms with Crippen molar-refractivity contribution in [3.63, 3.8) is 0 Å². The predicted molar refractivity (Wildman–Crippen MR) is 44.9 cm³/mol. The van der Waals surface area contributed by atoms with Crippen molar-refractivity contribution in [3.8, 4) is 0 Å². The Bertz CT molecular complexity index is 138. The number of aliphatic imine (C=N–C) groups is 2. The van der Waals surface area contributed by atoms with Crippen LogP contribution in [0.25, 0.3) is 0 Å². The molecule has 0 aromatic carbocycles. The summed E-state index contributed by atoms with van der Waals surface area (Å²) in [6, 6.07) is 0. The van der Waals surface area contributed by atoms with Gasteiger partial charge in [0.05, 0.1) is 0 Å². The van der Waals surface area contributed by atoms with Gasteiger partial charge in [-0.15, -0.1) is 0 Å². The fourth-order valence-electron chi connectivity index (χ4n) is 1.04. The summed E-state index contributed by atoms with van der Waals surface area (Å²) < 4.78 is 0. The SMILES string of the molecule is CC1C/C=N\C=N/CCC1. The van der Waals surface area contributed by atoms with E-state index in [0.717, 1.165) is 18.9 Å². The summed E-state index contributed by atoms with van der Waals surface area (Å²) in [4.78, 5) is 8.13. The summed E-state index contributed by atoms with van der Waals surface area (Å²) >= 11 is 0. The van der Waals surface area contributed by atoms with Gasteiger partial charge in [0.25, 0.3) is 0 Å². The Morgan fingerprint density at radius 2 is 2.40 bits per heavy atom. The van der Waals surface area contributed by atoms with E-state index in [-0.39, 0.29) is 0 Å². The van der Waals surface area contributed by atoms with Crippen LogP contribution in [0.1, 0.15) is 26.2 Å². The van der Waals surface area contributed by atoms with Crippen molar-refractivity contribution in [2.45, 2.75) is 26.2 Å². The van der Waals surface area contributed by atoms with Crippen LogP contribution < -0.4 is 0 Å². The minimum Gasteiger partial charge on any atom is -0.274 e. The molecule has 0 bridgehead atoms. The maximum absolute atomic E-state index is 4.10. The average Bonchev–Trinajstić information content (AvgIpc) is 2.02. The maximum atomic E-state index is 4.10. The van der Waals surface area contributed by atoms with Crippen molar-refractivity contribution in [2.24, 2.45) is 15.9 Å². The zero-order chi connectivity index (χ0) is 7.23. The highest BCUT2D eigenvalue weighted by Gasteiger charge is 1.99. The first-order valence-corrected chi connectivity index (χ1v) is 3.89. The molecule has 56 valence electrons. The van der Waals surface area contributed by atoms with E-state index in [1.165, 1.54) is 12.8 Å². The summed E-state index contributed by atoms with van der Waals surface area (Å²) in [6.07, 6.45) is 7.22. The second-order valence-electron chi connectivity index (χ2n) is 2.84. The Morgan fingerprint density at radius 1 is 1.50 bits per heavy atom. The summed E-state index contributed by atoms with van der Waals surface area (Å²) in [6.45, 7) is 3.21. The van der Waals surface area contributed by atoms with Gasteiger partial charge in [-0.25, -0.2) is 4.99 Å². The highest BCUT2D eigenvalue weighted by atomic mass is 14.8. The molecule has 2 heteroatoms. The monoisotopic (exact) mass is 138 g/mol. The molecule has 1 unspecified atom stereocenters. The van der Waals surface area contributed by atoms with Crippen LogP contribution in [-0.2, 0) is 0 Å². The van der Waals surface area contributed by atoms with Crippen LogP contribution in [0.3, 0.4) is 0 Å². The first kappa shape index (κ1) is 7.45. The molecule has 1 aliphatic heterocycles. The van der Waals surface area contributed by atoms with Crippen molar-refractivity contribution in [2.75, 3.05) is 6.54 Å². The summed E-state index contributed by atoms with van der Waals surface area (Å²) in [5.74, 6) is 0.783. The molecule has 2 nitrogen and oxygen atoms in total. The molecule has 1 rings (SSSR count).